The summed E-state index contributed by atoms with van der Waals surface area (Å²) >= 11 is 0. The lowest BCUT2D eigenvalue weighted by Crippen LogP contribution is -2.54. The van der Waals surface area contributed by atoms with Crippen LogP contribution in [0, 0.1) is 0 Å². The molecule has 1 aromatic carbocycles. The molecular weight excluding hydrogens is 350 g/mol. The monoisotopic (exact) mass is 385 g/mol. The van der Waals surface area contributed by atoms with Gasteiger partial charge in [-0.05, 0) is 51.2 Å². The lowest BCUT2D eigenvalue weighted by molar-refractivity contribution is -0.126. The summed E-state index contributed by atoms with van der Waals surface area (Å²) in [5.74, 6) is 1.09. The maximum atomic E-state index is 12.5. The molecule has 0 bridgehead atoms. The third-order valence-electron chi connectivity index (χ3n) is 5.88. The molecule has 1 aromatic rings. The zero-order valence-electron chi connectivity index (χ0n) is 17.2. The minimum absolute atomic E-state index is 0.0527. The molecule has 1 atom stereocenters. The molecule has 0 spiro atoms. The minimum Gasteiger partial charge on any atom is -0.492 e. The van der Waals surface area contributed by atoms with Gasteiger partial charge in [-0.1, -0.05) is 29.8 Å². The van der Waals surface area contributed by atoms with Gasteiger partial charge in [0.05, 0.1) is 6.04 Å². The Bertz CT molecular complexity index is 624. The predicted molar refractivity (Wildman–Crippen MR) is 114 cm³/mol. The van der Waals surface area contributed by atoms with Crippen LogP contribution in [0.25, 0.3) is 0 Å². The Morgan fingerprint density at radius 3 is 2.64 bits per heavy atom. The standard InChI is InChI=1S/C23H35N3O2/c1-20(23(27)24-13-12-21-8-4-2-5-9-21)26-16-14-25(15-17-26)18-19-28-22-10-6-3-7-11-22/h3,6-8,10-11,20H,2,4-5,9,12-19H2,1H3,(H,24,27). The second kappa shape index (κ2) is 11.2. The van der Waals surface area contributed by atoms with Crippen LogP contribution >= 0.6 is 0 Å². The fraction of sp³-hybridized carbons (Fsp3) is 0.609. The normalized spacial score (nSPS) is 19.7. The molecule has 1 aliphatic carbocycles. The third-order valence-corrected chi connectivity index (χ3v) is 5.88. The summed E-state index contributed by atoms with van der Waals surface area (Å²) < 4.78 is 5.79. The van der Waals surface area contributed by atoms with Gasteiger partial charge < -0.3 is 10.1 Å². The molecule has 1 unspecified atom stereocenters. The molecule has 5 nitrogen and oxygen atoms in total. The molecule has 1 fully saturated rings. The lowest BCUT2D eigenvalue weighted by Gasteiger charge is -2.37. The third kappa shape index (κ3) is 6.64. The highest BCUT2D eigenvalue weighted by Gasteiger charge is 2.25. The van der Waals surface area contributed by atoms with Crippen LogP contribution in [-0.4, -0.2) is 67.6 Å². The minimum atomic E-state index is -0.0527. The molecule has 0 aromatic heterocycles. The summed E-state index contributed by atoms with van der Waals surface area (Å²) in [4.78, 5) is 17.2. The van der Waals surface area contributed by atoms with Crippen LogP contribution in [0.4, 0.5) is 0 Å². The van der Waals surface area contributed by atoms with Crippen LogP contribution in [-0.2, 0) is 4.79 Å². The maximum Gasteiger partial charge on any atom is 0.237 e. The van der Waals surface area contributed by atoms with E-state index in [1.807, 2.05) is 37.3 Å². The fourth-order valence-corrected chi connectivity index (χ4v) is 3.98. The molecule has 0 radical (unpaired) electrons. The van der Waals surface area contributed by atoms with Crippen molar-refractivity contribution in [3.63, 3.8) is 0 Å². The average Bonchev–Trinajstić information content (AvgIpc) is 2.75. The van der Waals surface area contributed by atoms with E-state index in [-0.39, 0.29) is 11.9 Å². The van der Waals surface area contributed by atoms with Gasteiger partial charge in [0.15, 0.2) is 0 Å². The van der Waals surface area contributed by atoms with Gasteiger partial charge in [0.25, 0.3) is 0 Å². The van der Waals surface area contributed by atoms with Gasteiger partial charge >= 0.3 is 0 Å². The molecule has 2 aliphatic rings. The number of hydrogen-bond donors (Lipinski definition) is 1. The smallest absolute Gasteiger partial charge is 0.237 e. The van der Waals surface area contributed by atoms with Crippen molar-refractivity contribution in [1.82, 2.24) is 15.1 Å². The number of allylic oxidation sites excluding steroid dienone is 1. The first kappa shape index (κ1) is 20.9. The van der Waals surface area contributed by atoms with E-state index in [1.54, 1.807) is 0 Å². The number of carbonyl (C=O) groups excluding carboxylic acids is 1. The Kier molecular flexibility index (Phi) is 8.37. The summed E-state index contributed by atoms with van der Waals surface area (Å²) in [5.41, 5.74) is 1.52. The Morgan fingerprint density at radius 1 is 1.14 bits per heavy atom. The van der Waals surface area contributed by atoms with Gasteiger partial charge in [-0.3, -0.25) is 14.6 Å². The Labute approximate surface area is 169 Å². The van der Waals surface area contributed by atoms with E-state index < -0.39 is 0 Å². The number of piperazine rings is 1. The number of hydrogen-bond acceptors (Lipinski definition) is 4. The SMILES string of the molecule is CC(C(=O)NCCC1=CCCCC1)N1CCN(CCOc2ccccc2)CC1. The number of para-hydroxylation sites is 1. The van der Waals surface area contributed by atoms with Crippen LogP contribution in [0.1, 0.15) is 39.0 Å². The number of nitrogens with zero attached hydrogens (tertiary/aromatic N) is 2. The van der Waals surface area contributed by atoms with Crippen molar-refractivity contribution < 1.29 is 9.53 Å². The van der Waals surface area contributed by atoms with Crippen LogP contribution < -0.4 is 10.1 Å². The second-order valence-electron chi connectivity index (χ2n) is 7.86. The maximum absolute atomic E-state index is 12.5. The summed E-state index contributed by atoms with van der Waals surface area (Å²) in [6.07, 6.45) is 8.41. The molecule has 1 amide bonds. The van der Waals surface area contributed by atoms with Crippen molar-refractivity contribution >= 4 is 5.91 Å². The van der Waals surface area contributed by atoms with Crippen LogP contribution in [0.2, 0.25) is 0 Å². The number of carbonyl (C=O) groups is 1. The molecule has 28 heavy (non-hydrogen) atoms. The highest BCUT2D eigenvalue weighted by Crippen LogP contribution is 2.19. The van der Waals surface area contributed by atoms with Gasteiger partial charge in [-0.2, -0.15) is 0 Å². The quantitative estimate of drug-likeness (QED) is 0.664. The van der Waals surface area contributed by atoms with Gasteiger partial charge in [-0.25, -0.2) is 0 Å². The summed E-state index contributed by atoms with van der Waals surface area (Å²) in [7, 11) is 0. The van der Waals surface area contributed by atoms with E-state index in [9.17, 15) is 4.79 Å². The van der Waals surface area contributed by atoms with E-state index in [1.165, 1.54) is 31.3 Å². The summed E-state index contributed by atoms with van der Waals surface area (Å²) in [5, 5.41) is 3.14. The highest BCUT2D eigenvalue weighted by molar-refractivity contribution is 5.81. The first-order chi connectivity index (χ1) is 13.7. The largest absolute Gasteiger partial charge is 0.492 e. The fourth-order valence-electron chi connectivity index (χ4n) is 3.98. The number of amides is 1. The van der Waals surface area contributed by atoms with Crippen LogP contribution in [0.15, 0.2) is 42.0 Å². The van der Waals surface area contributed by atoms with Gasteiger partial charge in [0.2, 0.25) is 5.91 Å². The van der Waals surface area contributed by atoms with E-state index in [0.29, 0.717) is 6.61 Å². The van der Waals surface area contributed by atoms with Crippen molar-refractivity contribution in [2.24, 2.45) is 0 Å². The topological polar surface area (TPSA) is 44.8 Å². The van der Waals surface area contributed by atoms with Crippen molar-refractivity contribution in [1.29, 1.82) is 0 Å². The zero-order chi connectivity index (χ0) is 19.6. The molecule has 5 heteroatoms. The van der Waals surface area contributed by atoms with Gasteiger partial charge in [0, 0.05) is 39.3 Å². The molecule has 0 saturated carbocycles. The van der Waals surface area contributed by atoms with Crippen molar-refractivity contribution in [3.05, 3.63) is 42.0 Å². The molecule has 1 aliphatic heterocycles. The Hall–Kier alpha value is -1.85. The van der Waals surface area contributed by atoms with Crippen molar-refractivity contribution in [2.75, 3.05) is 45.9 Å². The van der Waals surface area contributed by atoms with E-state index in [2.05, 4.69) is 21.2 Å². The zero-order valence-corrected chi connectivity index (χ0v) is 17.2. The average molecular weight is 386 g/mol. The Balaban J connectivity index is 1.29. The van der Waals surface area contributed by atoms with Crippen molar-refractivity contribution in [3.8, 4) is 5.75 Å². The van der Waals surface area contributed by atoms with E-state index >= 15 is 0 Å². The number of rotatable bonds is 9. The molecule has 1 saturated heterocycles. The van der Waals surface area contributed by atoms with Gasteiger partial charge in [-0.15, -0.1) is 0 Å². The molecule has 154 valence electrons. The first-order valence-corrected chi connectivity index (χ1v) is 10.8. The predicted octanol–water partition coefficient (Wildman–Crippen LogP) is 3.08. The van der Waals surface area contributed by atoms with E-state index in [0.717, 1.165) is 51.4 Å². The highest BCUT2D eigenvalue weighted by atomic mass is 16.5. The lowest BCUT2D eigenvalue weighted by atomic mass is 9.97. The molecule has 3 rings (SSSR count). The van der Waals surface area contributed by atoms with Crippen LogP contribution in [0.5, 0.6) is 5.75 Å². The summed E-state index contributed by atoms with van der Waals surface area (Å²) in [6, 6.07) is 9.91. The number of nitrogens with one attached hydrogen (secondary N) is 1. The Morgan fingerprint density at radius 2 is 1.93 bits per heavy atom. The number of benzene rings is 1. The van der Waals surface area contributed by atoms with Gasteiger partial charge in [0.1, 0.15) is 12.4 Å². The first-order valence-electron chi connectivity index (χ1n) is 10.8. The van der Waals surface area contributed by atoms with Crippen molar-refractivity contribution in [2.45, 2.75) is 45.1 Å². The molecule has 1 N–H and O–H groups in total. The second-order valence-corrected chi connectivity index (χ2v) is 7.86. The molecule has 1 heterocycles. The van der Waals surface area contributed by atoms with E-state index in [4.69, 9.17) is 4.74 Å². The molecular formula is C23H35N3O2. The number of ether oxygens (including phenoxy) is 1. The summed E-state index contributed by atoms with van der Waals surface area (Å²) in [6.45, 7) is 8.28. The van der Waals surface area contributed by atoms with Crippen LogP contribution in [0.3, 0.4) is 0 Å².